The van der Waals surface area contributed by atoms with Crippen LogP contribution < -0.4 is 10.2 Å². The summed E-state index contributed by atoms with van der Waals surface area (Å²) in [7, 11) is 1.18. The molecule has 8 heteroatoms. The molecule has 2 rings (SSSR count). The second-order valence-electron chi connectivity index (χ2n) is 6.68. The van der Waals surface area contributed by atoms with E-state index >= 15 is 0 Å². The minimum absolute atomic E-state index is 0.110. The highest BCUT2D eigenvalue weighted by molar-refractivity contribution is 7.89. The number of likely N-dealkylation sites (N-methyl/N-ethyl adjacent to an activating group) is 1. The van der Waals surface area contributed by atoms with E-state index in [0.717, 1.165) is 14.8 Å². The minimum atomic E-state index is -3.58. The third-order valence-corrected chi connectivity index (χ3v) is 6.20. The number of hydrogen-bond donors (Lipinski definition) is 2. The predicted molar refractivity (Wildman–Crippen MR) is 102 cm³/mol. The van der Waals surface area contributed by atoms with Gasteiger partial charge in [-0.1, -0.05) is 18.2 Å². The molecular formula is C19H25FN3O3S+. The molecule has 146 valence electrons. The quantitative estimate of drug-likeness (QED) is 0.739. The van der Waals surface area contributed by atoms with E-state index in [1.807, 2.05) is 13.1 Å². The highest BCUT2D eigenvalue weighted by Gasteiger charge is 2.23. The van der Waals surface area contributed by atoms with Gasteiger partial charge in [0, 0.05) is 25.3 Å². The lowest BCUT2D eigenvalue weighted by molar-refractivity contribution is -0.907. The van der Waals surface area contributed by atoms with Crippen molar-refractivity contribution in [3.8, 4) is 0 Å². The van der Waals surface area contributed by atoms with Gasteiger partial charge in [-0.2, -0.15) is 0 Å². The van der Waals surface area contributed by atoms with Gasteiger partial charge in [0.2, 0.25) is 10.0 Å². The fourth-order valence-electron chi connectivity index (χ4n) is 2.54. The second-order valence-corrected chi connectivity index (χ2v) is 8.83. The van der Waals surface area contributed by atoms with Crippen LogP contribution in [0.15, 0.2) is 53.4 Å². The molecule has 6 nitrogen and oxygen atoms in total. The van der Waals surface area contributed by atoms with E-state index in [-0.39, 0.29) is 16.6 Å². The molecule has 2 atom stereocenters. The molecule has 2 aromatic carbocycles. The summed E-state index contributed by atoms with van der Waals surface area (Å²) in [6.45, 7) is 2.26. The number of carbonyl (C=O) groups excluding carboxylic acids is 1. The maximum absolute atomic E-state index is 13.3. The van der Waals surface area contributed by atoms with Gasteiger partial charge in [-0.25, -0.2) is 17.1 Å². The van der Waals surface area contributed by atoms with Gasteiger partial charge in [0.15, 0.2) is 6.04 Å². The molecule has 1 amide bonds. The summed E-state index contributed by atoms with van der Waals surface area (Å²) in [6, 6.07) is 12.0. The number of anilines is 1. The van der Waals surface area contributed by atoms with Crippen molar-refractivity contribution in [2.45, 2.75) is 24.4 Å². The van der Waals surface area contributed by atoms with Gasteiger partial charge in [0.25, 0.3) is 5.91 Å². The Morgan fingerprint density at radius 2 is 1.85 bits per heavy atom. The smallest absolute Gasteiger partial charge is 0.282 e. The molecule has 0 bridgehead atoms. The SMILES string of the molecule is C[C@H](C(=O)Nc1cccc(S(=O)(=O)N(C)C)c1)[NH+](C)Cc1cccc(F)c1. The number of hydrogen-bond acceptors (Lipinski definition) is 3. The van der Waals surface area contributed by atoms with E-state index in [0.29, 0.717) is 12.2 Å². The monoisotopic (exact) mass is 394 g/mol. The third-order valence-electron chi connectivity index (χ3n) is 4.38. The average Bonchev–Trinajstić information content (AvgIpc) is 2.61. The molecule has 2 N–H and O–H groups in total. The lowest BCUT2D eigenvalue weighted by atomic mass is 10.2. The first-order chi connectivity index (χ1) is 12.6. The van der Waals surface area contributed by atoms with Crippen LogP contribution in [0.2, 0.25) is 0 Å². The number of quaternary nitrogens is 1. The Balaban J connectivity index is 2.08. The summed E-state index contributed by atoms with van der Waals surface area (Å²) in [4.78, 5) is 13.5. The van der Waals surface area contributed by atoms with Crippen molar-refractivity contribution in [2.75, 3.05) is 26.5 Å². The summed E-state index contributed by atoms with van der Waals surface area (Å²) in [5.41, 5.74) is 1.21. The molecule has 27 heavy (non-hydrogen) atoms. The lowest BCUT2D eigenvalue weighted by Gasteiger charge is -2.21. The van der Waals surface area contributed by atoms with Crippen LogP contribution in [-0.4, -0.2) is 45.8 Å². The maximum atomic E-state index is 13.3. The molecular weight excluding hydrogens is 369 g/mol. The van der Waals surface area contributed by atoms with Crippen molar-refractivity contribution >= 4 is 21.6 Å². The van der Waals surface area contributed by atoms with Crippen LogP contribution in [0.25, 0.3) is 0 Å². The van der Waals surface area contributed by atoms with Crippen LogP contribution in [0, 0.1) is 5.82 Å². The van der Waals surface area contributed by atoms with Gasteiger partial charge < -0.3 is 10.2 Å². The third kappa shape index (κ3) is 5.35. The maximum Gasteiger partial charge on any atom is 0.282 e. The molecule has 1 unspecified atom stereocenters. The Bertz CT molecular complexity index is 916. The molecule has 2 aromatic rings. The van der Waals surface area contributed by atoms with E-state index in [4.69, 9.17) is 0 Å². The van der Waals surface area contributed by atoms with Crippen molar-refractivity contribution in [1.29, 1.82) is 0 Å². The second kappa shape index (κ2) is 8.60. The molecule has 0 spiro atoms. The van der Waals surface area contributed by atoms with Gasteiger partial charge in [-0.15, -0.1) is 0 Å². The summed E-state index contributed by atoms with van der Waals surface area (Å²) in [5.74, 6) is -0.556. The highest BCUT2D eigenvalue weighted by atomic mass is 32.2. The van der Waals surface area contributed by atoms with Crippen LogP contribution in [-0.2, 0) is 21.4 Å². The molecule has 0 radical (unpaired) electrons. The fraction of sp³-hybridized carbons (Fsp3) is 0.316. The number of nitrogens with one attached hydrogen (secondary N) is 2. The minimum Gasteiger partial charge on any atom is -0.324 e. The number of carbonyl (C=O) groups is 1. The number of rotatable bonds is 7. The first kappa shape index (κ1) is 21.0. The zero-order valence-corrected chi connectivity index (χ0v) is 16.7. The highest BCUT2D eigenvalue weighted by Crippen LogP contribution is 2.18. The van der Waals surface area contributed by atoms with E-state index in [1.165, 1.54) is 38.4 Å². The van der Waals surface area contributed by atoms with E-state index in [1.54, 1.807) is 25.1 Å². The summed E-state index contributed by atoms with van der Waals surface area (Å²) in [6.07, 6.45) is 0. The Hall–Kier alpha value is -2.29. The molecule has 0 fully saturated rings. The lowest BCUT2D eigenvalue weighted by Crippen LogP contribution is -3.12. The zero-order valence-electron chi connectivity index (χ0n) is 15.9. The van der Waals surface area contributed by atoms with Gasteiger partial charge in [-0.3, -0.25) is 4.79 Å². The van der Waals surface area contributed by atoms with Gasteiger partial charge >= 0.3 is 0 Å². The standard InChI is InChI=1S/C19H24FN3O3S/c1-14(23(4)13-15-7-5-8-16(20)11-15)19(24)21-17-9-6-10-18(12-17)27(25,26)22(2)3/h5-12,14H,13H2,1-4H3,(H,21,24)/p+1/t14-/m1/s1. The van der Waals surface area contributed by atoms with Crippen molar-refractivity contribution in [1.82, 2.24) is 4.31 Å². The number of halogens is 1. The van der Waals surface area contributed by atoms with Crippen LogP contribution in [0.5, 0.6) is 0 Å². The number of nitrogens with zero attached hydrogens (tertiary/aromatic N) is 1. The van der Waals surface area contributed by atoms with Gasteiger partial charge in [0.05, 0.1) is 11.9 Å². The molecule has 0 aliphatic carbocycles. The normalized spacial score (nSPS) is 14.0. The summed E-state index contributed by atoms with van der Waals surface area (Å²) < 4.78 is 38.9. The Labute approximate surface area is 159 Å². The predicted octanol–water partition coefficient (Wildman–Crippen LogP) is 1.12. The van der Waals surface area contributed by atoms with Crippen LogP contribution >= 0.6 is 0 Å². The largest absolute Gasteiger partial charge is 0.324 e. The number of amides is 1. The van der Waals surface area contributed by atoms with Crippen molar-refractivity contribution in [3.63, 3.8) is 0 Å². The summed E-state index contributed by atoms with van der Waals surface area (Å²) in [5, 5.41) is 2.75. The molecule has 0 heterocycles. The van der Waals surface area contributed by atoms with Crippen molar-refractivity contribution in [2.24, 2.45) is 0 Å². The first-order valence-electron chi connectivity index (χ1n) is 8.51. The first-order valence-corrected chi connectivity index (χ1v) is 9.95. The Morgan fingerprint density at radius 1 is 1.19 bits per heavy atom. The average molecular weight is 394 g/mol. The number of sulfonamides is 1. The van der Waals surface area contributed by atoms with Crippen molar-refractivity contribution < 1.29 is 22.5 Å². The van der Waals surface area contributed by atoms with Crippen LogP contribution in [0.3, 0.4) is 0 Å². The molecule has 0 saturated heterocycles. The fourth-order valence-corrected chi connectivity index (χ4v) is 3.49. The van der Waals surface area contributed by atoms with E-state index < -0.39 is 16.1 Å². The van der Waals surface area contributed by atoms with E-state index in [2.05, 4.69) is 5.32 Å². The van der Waals surface area contributed by atoms with Crippen LogP contribution in [0.4, 0.5) is 10.1 Å². The number of benzene rings is 2. The Morgan fingerprint density at radius 3 is 2.48 bits per heavy atom. The summed E-state index contributed by atoms with van der Waals surface area (Å²) >= 11 is 0. The zero-order chi connectivity index (χ0) is 20.2. The topological polar surface area (TPSA) is 70.9 Å². The van der Waals surface area contributed by atoms with Crippen molar-refractivity contribution in [3.05, 3.63) is 59.9 Å². The van der Waals surface area contributed by atoms with E-state index in [9.17, 15) is 17.6 Å². The molecule has 0 aliphatic heterocycles. The van der Waals surface area contributed by atoms with Gasteiger partial charge in [-0.05, 0) is 37.3 Å². The molecule has 0 aliphatic rings. The van der Waals surface area contributed by atoms with Crippen LogP contribution in [0.1, 0.15) is 12.5 Å². The molecule has 0 aromatic heterocycles. The Kier molecular flexibility index (Phi) is 6.69. The molecule has 0 saturated carbocycles. The van der Waals surface area contributed by atoms with Gasteiger partial charge in [0.1, 0.15) is 12.4 Å².